The van der Waals surface area contributed by atoms with Crippen LogP contribution in [0.4, 0.5) is 0 Å². The molecule has 1 rings (SSSR count). The molecule has 2 atom stereocenters. The highest BCUT2D eigenvalue weighted by atomic mass is 79.9. The van der Waals surface area contributed by atoms with Crippen LogP contribution in [0.25, 0.3) is 0 Å². The van der Waals surface area contributed by atoms with Crippen LogP contribution >= 0.6 is 41.7 Å². The lowest BCUT2D eigenvalue weighted by atomic mass is 10.2. The van der Waals surface area contributed by atoms with E-state index in [4.69, 9.17) is 5.11 Å². The van der Waals surface area contributed by atoms with Crippen molar-refractivity contribution in [3.63, 3.8) is 0 Å². The van der Waals surface area contributed by atoms with Gasteiger partial charge in [-0.15, -0.1) is 17.9 Å². The summed E-state index contributed by atoms with van der Waals surface area (Å²) in [5.41, 5.74) is 0.252. The van der Waals surface area contributed by atoms with Gasteiger partial charge in [0.05, 0.1) is 18.1 Å². The van der Waals surface area contributed by atoms with Crippen molar-refractivity contribution in [2.45, 2.75) is 18.4 Å². The van der Waals surface area contributed by atoms with Crippen molar-refractivity contribution in [3.8, 4) is 0 Å². The van der Waals surface area contributed by atoms with Gasteiger partial charge in [-0.1, -0.05) is 30.0 Å². The van der Waals surface area contributed by atoms with Crippen LogP contribution in [0.15, 0.2) is 27.6 Å². The zero-order valence-electron chi connectivity index (χ0n) is 11.4. The zero-order chi connectivity index (χ0) is 16.5. The topological polar surface area (TPSA) is 80.7 Å². The van der Waals surface area contributed by atoms with Crippen LogP contribution in [0.3, 0.4) is 0 Å². The predicted octanol–water partition coefficient (Wildman–Crippen LogP) is 2.52. The molecule has 0 fully saturated rings. The molecule has 1 N–H and O–H groups in total. The van der Waals surface area contributed by atoms with Gasteiger partial charge in [0.25, 0.3) is 0 Å². The van der Waals surface area contributed by atoms with E-state index in [9.17, 15) is 13.2 Å². The quantitative estimate of drug-likeness (QED) is 0.568. The van der Waals surface area contributed by atoms with E-state index < -0.39 is 28.2 Å². The first-order chi connectivity index (χ1) is 9.82. The molecule has 1 aromatic carbocycles. The fraction of sp³-hybridized carbons (Fsp3) is 0.364. The number of ether oxygens (including phenoxy) is 1. The van der Waals surface area contributed by atoms with Crippen LogP contribution < -0.4 is 0 Å². The Morgan fingerprint density at radius 1 is 1.43 bits per heavy atom. The number of esters is 1. The number of aliphatic hydroxyl groups excluding tert-OH is 1. The van der Waals surface area contributed by atoms with E-state index in [0.717, 1.165) is 7.96 Å². The Hall–Kier alpha value is 0.370. The molecule has 0 heterocycles. The van der Waals surface area contributed by atoms with E-state index >= 15 is 0 Å². The molecule has 0 saturated heterocycles. The van der Waals surface area contributed by atoms with Crippen LogP contribution in [0.1, 0.15) is 12.5 Å². The lowest BCUT2D eigenvalue weighted by Gasteiger charge is -2.09. The maximum absolute atomic E-state index is 12.0. The van der Waals surface area contributed by atoms with Crippen LogP contribution in [-0.4, -0.2) is 31.9 Å². The van der Waals surface area contributed by atoms with Gasteiger partial charge in [0.15, 0.2) is 15.6 Å². The van der Waals surface area contributed by atoms with Crippen molar-refractivity contribution in [2.75, 3.05) is 12.4 Å². The zero-order valence-corrected chi connectivity index (χ0v) is 17.1. The van der Waals surface area contributed by atoms with Gasteiger partial charge in [0.2, 0.25) is 0 Å². The average molecular weight is 435 g/mol. The molecular weight excluding hydrogens is 417 g/mol. The van der Waals surface area contributed by atoms with E-state index in [-0.39, 0.29) is 17.1 Å². The van der Waals surface area contributed by atoms with Crippen LogP contribution in [-0.2, 0) is 26.0 Å². The first-order valence-electron chi connectivity index (χ1n) is 5.76. The van der Waals surface area contributed by atoms with Gasteiger partial charge in [0.1, 0.15) is 0 Å². The molecule has 0 radical (unpaired) electrons. The Balaban J connectivity index is 0.00000122. The molecule has 21 heavy (non-hydrogen) atoms. The average Bonchev–Trinajstić information content (AvgIpc) is 2.39. The molecule has 2 unspecified atom stereocenters. The maximum Gasteiger partial charge on any atom is 0.321 e. The molecule has 120 valence electrons. The summed E-state index contributed by atoms with van der Waals surface area (Å²) in [5.74, 6) is -1.54. The van der Waals surface area contributed by atoms with Crippen molar-refractivity contribution < 1.29 is 23.1 Å². The lowest BCUT2D eigenvalue weighted by molar-refractivity contribution is -0.139. The summed E-state index contributed by atoms with van der Waals surface area (Å²) in [5, 5.41) is 9.11. The number of halogens is 1. The molecule has 0 aliphatic heterocycles. The third kappa shape index (κ3) is 7.97. The third-order valence-electron chi connectivity index (χ3n) is 2.15. The highest BCUT2D eigenvalue weighted by Gasteiger charge is 2.23. The van der Waals surface area contributed by atoms with Crippen molar-refractivity contribution in [1.82, 2.24) is 0 Å². The second-order valence-corrected chi connectivity index (χ2v) is 10.8. The number of benzene rings is 1. The molecule has 1 aromatic rings. The Morgan fingerprint density at radius 2 is 2.00 bits per heavy atom. The van der Waals surface area contributed by atoms with Gasteiger partial charge in [-0.2, -0.15) is 0 Å². The molecule has 0 aliphatic carbocycles. The number of hydrogen-bond donors (Lipinski definition) is 1. The smallest absolute Gasteiger partial charge is 0.321 e. The second kappa shape index (κ2) is 11.0. The predicted molar refractivity (Wildman–Crippen MR) is 96.5 cm³/mol. The normalized spacial score (nSPS) is 10.5. The van der Waals surface area contributed by atoms with Crippen LogP contribution in [0, 0.1) is 0 Å². The minimum Gasteiger partial charge on any atom is -0.465 e. The van der Waals surface area contributed by atoms with E-state index in [0.29, 0.717) is 4.47 Å². The van der Waals surface area contributed by atoms with Crippen molar-refractivity contribution >= 4 is 57.6 Å². The van der Waals surface area contributed by atoms with Gasteiger partial charge in [-0.05, 0) is 24.6 Å². The van der Waals surface area contributed by atoms with Gasteiger partial charge in [-0.3, -0.25) is 4.79 Å². The monoisotopic (exact) mass is 434 g/mol. The SMILES string of the molecule is CCOC(=O)CS(=O)(=O)c1cc(Br)ccc1CO.PPP. The number of carbonyl (C=O) groups excluding carboxylic acids is 1. The van der Waals surface area contributed by atoms with Gasteiger partial charge in [0, 0.05) is 4.47 Å². The lowest BCUT2D eigenvalue weighted by Crippen LogP contribution is -2.19. The minimum atomic E-state index is -3.81. The van der Waals surface area contributed by atoms with Crippen molar-refractivity contribution in [2.24, 2.45) is 0 Å². The highest BCUT2D eigenvalue weighted by Crippen LogP contribution is 2.28. The largest absolute Gasteiger partial charge is 0.465 e. The second-order valence-electron chi connectivity index (χ2n) is 3.64. The van der Waals surface area contributed by atoms with E-state index in [1.165, 1.54) is 12.1 Å². The van der Waals surface area contributed by atoms with Gasteiger partial charge in [-0.25, -0.2) is 8.42 Å². The summed E-state index contributed by atoms with van der Waals surface area (Å²) in [7, 11) is 2.24. The molecule has 0 aromatic heterocycles. The molecule has 10 heteroatoms. The van der Waals surface area contributed by atoms with E-state index in [2.05, 4.69) is 38.5 Å². The molecule has 0 amide bonds. The molecule has 0 bridgehead atoms. The first kappa shape index (κ1) is 21.4. The minimum absolute atomic E-state index is 0.0626. The van der Waals surface area contributed by atoms with Crippen LogP contribution in [0.2, 0.25) is 0 Å². The summed E-state index contributed by atoms with van der Waals surface area (Å²) in [6.45, 7) is 1.31. The summed E-state index contributed by atoms with van der Waals surface area (Å²) in [4.78, 5) is 11.2. The third-order valence-corrected chi connectivity index (χ3v) is 4.31. The highest BCUT2D eigenvalue weighted by molar-refractivity contribution is 9.10. The Kier molecular flexibility index (Phi) is 11.2. The summed E-state index contributed by atoms with van der Waals surface area (Å²) in [6.07, 6.45) is 0. The molecular formula is C11H18BrO5P3S. The first-order valence-corrected chi connectivity index (χ1v) is 12.8. The number of rotatable bonds is 5. The Labute approximate surface area is 139 Å². The Bertz CT molecular complexity index is 565. The number of sulfone groups is 1. The number of aliphatic hydroxyl groups is 1. The number of hydrogen-bond acceptors (Lipinski definition) is 5. The standard InChI is InChI=1S/C11H13BrO5S.H5P3/c1-2-17-11(14)7-18(15,16)10-5-9(12)4-3-8(10)6-13;1-3-2/h3-5,13H,2,6-7H2,1H3;3H,1-2H2. The summed E-state index contributed by atoms with van der Waals surface area (Å²) >= 11 is 3.15. The molecule has 0 aliphatic rings. The fourth-order valence-corrected chi connectivity index (χ4v) is 3.28. The molecule has 5 nitrogen and oxygen atoms in total. The molecule has 0 saturated carbocycles. The molecule has 0 spiro atoms. The maximum atomic E-state index is 12.0. The van der Waals surface area contributed by atoms with E-state index in [1.807, 2.05) is 0 Å². The summed E-state index contributed by atoms with van der Waals surface area (Å²) in [6, 6.07) is 4.47. The fourth-order valence-electron chi connectivity index (χ4n) is 1.38. The summed E-state index contributed by atoms with van der Waals surface area (Å²) < 4.78 is 29.2. The van der Waals surface area contributed by atoms with Crippen LogP contribution in [0.5, 0.6) is 0 Å². The van der Waals surface area contributed by atoms with Crippen molar-refractivity contribution in [3.05, 3.63) is 28.2 Å². The van der Waals surface area contributed by atoms with E-state index in [1.54, 1.807) is 13.0 Å². The van der Waals surface area contributed by atoms with Gasteiger partial charge < -0.3 is 9.84 Å². The van der Waals surface area contributed by atoms with Crippen molar-refractivity contribution in [1.29, 1.82) is 0 Å². The Morgan fingerprint density at radius 3 is 2.48 bits per heavy atom. The van der Waals surface area contributed by atoms with Gasteiger partial charge >= 0.3 is 5.97 Å². The number of carbonyl (C=O) groups is 1.